The van der Waals surface area contributed by atoms with E-state index in [2.05, 4.69) is 22.2 Å². The molecule has 170 valence electrons. The number of thioether (sulfide) groups is 1. The van der Waals surface area contributed by atoms with Crippen molar-refractivity contribution < 1.29 is 14.3 Å². The minimum absolute atomic E-state index is 0.0685. The largest absolute Gasteiger partial charge is 0.462 e. The van der Waals surface area contributed by atoms with Gasteiger partial charge in [0.25, 0.3) is 5.56 Å². The number of anilines is 1. The lowest BCUT2D eigenvalue weighted by molar-refractivity contribution is -0.113. The van der Waals surface area contributed by atoms with Gasteiger partial charge in [0.1, 0.15) is 9.83 Å². The maximum atomic E-state index is 12.7. The zero-order valence-electron chi connectivity index (χ0n) is 18.4. The number of carbonyl (C=O) groups is 2. The fraction of sp³-hybridized carbons (Fsp3) is 0.455. The number of nitrogens with zero attached hydrogens (tertiary/aromatic N) is 1. The van der Waals surface area contributed by atoms with Crippen molar-refractivity contribution in [1.29, 1.82) is 0 Å². The van der Waals surface area contributed by atoms with Crippen LogP contribution in [-0.4, -0.2) is 34.2 Å². The number of aromatic nitrogens is 2. The average molecular weight is 492 g/mol. The summed E-state index contributed by atoms with van der Waals surface area (Å²) in [4.78, 5) is 47.9. The Hall–Kier alpha value is -2.17. The SMILES string of the molecule is CCOC(=O)c1c(NC(=O)CSc2nc3sc(C)c(C)c3c(=O)[nH]2)sc2c1CCC(C)C2. The summed E-state index contributed by atoms with van der Waals surface area (Å²) >= 11 is 4.11. The van der Waals surface area contributed by atoms with Crippen LogP contribution in [0.25, 0.3) is 10.2 Å². The first-order chi connectivity index (χ1) is 15.3. The Kier molecular flexibility index (Phi) is 6.73. The topological polar surface area (TPSA) is 101 Å². The van der Waals surface area contributed by atoms with E-state index in [9.17, 15) is 14.4 Å². The Morgan fingerprint density at radius 3 is 2.84 bits per heavy atom. The number of aromatic amines is 1. The van der Waals surface area contributed by atoms with Gasteiger partial charge in [-0.2, -0.15) is 0 Å². The third kappa shape index (κ3) is 4.49. The first-order valence-electron chi connectivity index (χ1n) is 10.5. The van der Waals surface area contributed by atoms with E-state index in [0.717, 1.165) is 40.1 Å². The number of thiophene rings is 2. The standard InChI is InChI=1S/C22H25N3O4S3/c1-5-29-21(28)17-13-7-6-10(2)8-14(13)32-20(17)23-15(26)9-30-22-24-18(27)16-11(3)12(4)31-19(16)25-22/h10H,5-9H2,1-4H3,(H,23,26)(H,24,25,27). The van der Waals surface area contributed by atoms with Gasteiger partial charge in [0.2, 0.25) is 5.91 Å². The molecule has 1 aliphatic rings. The number of hydrogen-bond acceptors (Lipinski definition) is 8. The number of carbonyl (C=O) groups excluding carboxylic acids is 2. The molecular weight excluding hydrogens is 466 g/mol. The Balaban J connectivity index is 1.51. The van der Waals surface area contributed by atoms with Gasteiger partial charge in [-0.1, -0.05) is 18.7 Å². The van der Waals surface area contributed by atoms with Gasteiger partial charge in [0, 0.05) is 9.75 Å². The maximum absolute atomic E-state index is 12.7. The van der Waals surface area contributed by atoms with E-state index >= 15 is 0 Å². The summed E-state index contributed by atoms with van der Waals surface area (Å²) in [6.45, 7) is 8.13. The van der Waals surface area contributed by atoms with Crippen molar-refractivity contribution in [2.24, 2.45) is 5.92 Å². The fourth-order valence-corrected chi connectivity index (χ4v) is 7.02. The van der Waals surface area contributed by atoms with Crippen LogP contribution in [0.3, 0.4) is 0 Å². The van der Waals surface area contributed by atoms with Gasteiger partial charge >= 0.3 is 5.97 Å². The number of hydrogen-bond donors (Lipinski definition) is 2. The quantitative estimate of drug-likeness (QED) is 0.295. The Morgan fingerprint density at radius 2 is 2.09 bits per heavy atom. The van der Waals surface area contributed by atoms with Crippen LogP contribution in [0.15, 0.2) is 9.95 Å². The lowest BCUT2D eigenvalue weighted by Gasteiger charge is -2.18. The molecule has 32 heavy (non-hydrogen) atoms. The third-order valence-corrected chi connectivity index (χ3v) is 8.75. The van der Waals surface area contributed by atoms with Crippen LogP contribution in [0.1, 0.15) is 51.5 Å². The second kappa shape index (κ2) is 9.36. The first-order valence-corrected chi connectivity index (χ1v) is 13.1. The van der Waals surface area contributed by atoms with Crippen molar-refractivity contribution in [2.75, 3.05) is 17.7 Å². The Bertz CT molecular complexity index is 1260. The summed E-state index contributed by atoms with van der Waals surface area (Å²) in [5.74, 6) is -0.0209. The van der Waals surface area contributed by atoms with Gasteiger partial charge in [-0.3, -0.25) is 9.59 Å². The summed E-state index contributed by atoms with van der Waals surface area (Å²) < 4.78 is 5.26. The number of rotatable bonds is 6. The van der Waals surface area contributed by atoms with Crippen molar-refractivity contribution in [3.05, 3.63) is 36.8 Å². The maximum Gasteiger partial charge on any atom is 0.341 e. The van der Waals surface area contributed by atoms with Crippen molar-refractivity contribution in [3.63, 3.8) is 0 Å². The smallest absolute Gasteiger partial charge is 0.341 e. The third-order valence-electron chi connectivity index (χ3n) is 5.60. The minimum atomic E-state index is -0.387. The van der Waals surface area contributed by atoms with Crippen molar-refractivity contribution in [3.8, 4) is 0 Å². The Morgan fingerprint density at radius 1 is 1.31 bits per heavy atom. The van der Waals surface area contributed by atoms with E-state index < -0.39 is 0 Å². The summed E-state index contributed by atoms with van der Waals surface area (Å²) in [7, 11) is 0. The summed E-state index contributed by atoms with van der Waals surface area (Å²) in [5.41, 5.74) is 2.25. The number of esters is 1. The van der Waals surface area contributed by atoms with E-state index in [1.807, 2.05) is 13.8 Å². The van der Waals surface area contributed by atoms with Crippen molar-refractivity contribution in [1.82, 2.24) is 9.97 Å². The molecule has 0 saturated carbocycles. The Labute approximate surface area is 198 Å². The number of nitrogens with one attached hydrogen (secondary N) is 2. The monoisotopic (exact) mass is 491 g/mol. The van der Waals surface area contributed by atoms with Crippen molar-refractivity contribution >= 4 is 61.5 Å². The van der Waals surface area contributed by atoms with Gasteiger partial charge in [-0.15, -0.1) is 22.7 Å². The summed E-state index contributed by atoms with van der Waals surface area (Å²) in [6.07, 6.45) is 2.74. The molecule has 1 atom stereocenters. The molecule has 0 aromatic carbocycles. The predicted molar refractivity (Wildman–Crippen MR) is 131 cm³/mol. The average Bonchev–Trinajstić information content (AvgIpc) is 3.22. The molecule has 1 aliphatic carbocycles. The van der Waals surface area contributed by atoms with Crippen LogP contribution >= 0.6 is 34.4 Å². The lowest BCUT2D eigenvalue weighted by atomic mass is 9.88. The highest BCUT2D eigenvalue weighted by Crippen LogP contribution is 2.40. The highest BCUT2D eigenvalue weighted by Gasteiger charge is 2.29. The fourth-order valence-electron chi connectivity index (χ4n) is 3.86. The molecule has 1 unspecified atom stereocenters. The van der Waals surface area contributed by atoms with Gasteiger partial charge in [0.15, 0.2) is 5.16 Å². The number of ether oxygens (including phenoxy) is 1. The van der Waals surface area contributed by atoms with Crippen molar-refractivity contribution in [2.45, 2.75) is 52.1 Å². The molecule has 0 bridgehead atoms. The lowest BCUT2D eigenvalue weighted by Crippen LogP contribution is -2.18. The van der Waals surface area contributed by atoms with Crippen LogP contribution in [0, 0.1) is 19.8 Å². The molecule has 3 heterocycles. The molecule has 7 nitrogen and oxygen atoms in total. The van der Waals surface area contributed by atoms with E-state index in [1.54, 1.807) is 6.92 Å². The molecule has 10 heteroatoms. The predicted octanol–water partition coefficient (Wildman–Crippen LogP) is 4.70. The molecule has 0 fully saturated rings. The molecule has 0 aliphatic heterocycles. The highest BCUT2D eigenvalue weighted by atomic mass is 32.2. The zero-order valence-corrected chi connectivity index (χ0v) is 20.9. The molecule has 3 aromatic rings. The number of fused-ring (bicyclic) bond motifs is 2. The van der Waals surface area contributed by atoms with E-state index in [-0.39, 0.29) is 29.8 Å². The second-order valence-electron chi connectivity index (χ2n) is 7.95. The zero-order chi connectivity index (χ0) is 23.0. The van der Waals surface area contributed by atoms with Crippen LogP contribution in [0.5, 0.6) is 0 Å². The second-order valence-corrected chi connectivity index (χ2v) is 11.2. The highest BCUT2D eigenvalue weighted by molar-refractivity contribution is 7.99. The molecule has 0 spiro atoms. The van der Waals surface area contributed by atoms with Crippen LogP contribution in [-0.2, 0) is 22.4 Å². The van der Waals surface area contributed by atoms with Gasteiger partial charge in [-0.05, 0) is 57.1 Å². The number of amides is 1. The number of H-pyrrole nitrogens is 1. The van der Waals surface area contributed by atoms with E-state index in [1.165, 1.54) is 34.4 Å². The van der Waals surface area contributed by atoms with Gasteiger partial charge < -0.3 is 15.0 Å². The van der Waals surface area contributed by atoms with E-state index in [0.29, 0.717) is 31.9 Å². The first kappa shape index (κ1) is 23.0. The van der Waals surface area contributed by atoms with Crippen LogP contribution in [0.4, 0.5) is 5.00 Å². The van der Waals surface area contributed by atoms with Gasteiger partial charge in [-0.25, -0.2) is 9.78 Å². The van der Waals surface area contributed by atoms with Gasteiger partial charge in [0.05, 0.1) is 23.3 Å². The van der Waals surface area contributed by atoms with E-state index in [4.69, 9.17) is 4.74 Å². The minimum Gasteiger partial charge on any atom is -0.462 e. The number of aryl methyl sites for hydroxylation is 2. The molecule has 3 aromatic heterocycles. The van der Waals surface area contributed by atoms with Crippen LogP contribution < -0.4 is 10.9 Å². The van der Waals surface area contributed by atoms with Crippen LogP contribution in [0.2, 0.25) is 0 Å². The normalized spacial score (nSPS) is 15.6. The molecule has 0 radical (unpaired) electrons. The molecular formula is C22H25N3O4S3. The molecule has 2 N–H and O–H groups in total. The molecule has 0 saturated heterocycles. The summed E-state index contributed by atoms with van der Waals surface area (Å²) in [6, 6.07) is 0. The summed E-state index contributed by atoms with van der Waals surface area (Å²) in [5, 5.41) is 4.46. The molecule has 1 amide bonds. The molecule has 4 rings (SSSR count).